The molecule has 222 valence electrons. The van der Waals surface area contributed by atoms with Crippen LogP contribution in [-0.2, 0) is 9.59 Å². The van der Waals surface area contributed by atoms with Gasteiger partial charge in [-0.3, -0.25) is 19.7 Å². The summed E-state index contributed by atoms with van der Waals surface area (Å²) in [6.07, 6.45) is 6.58. The molecule has 2 fully saturated rings. The highest BCUT2D eigenvalue weighted by Gasteiger charge is 2.55. The number of benzene rings is 2. The minimum absolute atomic E-state index is 0.0154. The van der Waals surface area contributed by atoms with Crippen molar-refractivity contribution < 1.29 is 19.5 Å². The molecule has 41 heavy (non-hydrogen) atoms. The van der Waals surface area contributed by atoms with Gasteiger partial charge in [0.15, 0.2) is 0 Å². The van der Waals surface area contributed by atoms with E-state index < -0.39 is 17.7 Å². The summed E-state index contributed by atoms with van der Waals surface area (Å²) in [6.45, 7) is 6.75. The number of nitrogens with zero attached hydrogens (tertiary/aromatic N) is 1. The monoisotopic (exact) mass is 601 g/mol. The second kappa shape index (κ2) is 13.6. The van der Waals surface area contributed by atoms with Crippen molar-refractivity contribution in [2.24, 2.45) is 11.8 Å². The standard InChI is InChI=1S/C32H41Cl2N3O4/c1-4-5-6-7-27(22-8-10-23(11-9-22)30(40)35-13-12-28(38)39)37-31(41)29(24-15-25(33)17-26(34)16-24)36-32(37)18-20(2)14-21(3)19-32/h8-11,15-17,20-21,27,29,36H,4-7,12-14,18-19H2,1-3H3,(H,35,40)(H,38,39). The molecule has 2 amide bonds. The molecule has 7 nitrogen and oxygen atoms in total. The smallest absolute Gasteiger partial charge is 0.305 e. The molecule has 9 heteroatoms. The molecule has 2 aromatic rings. The van der Waals surface area contributed by atoms with Crippen molar-refractivity contribution in [3.05, 3.63) is 69.2 Å². The number of carboxylic acids is 1. The number of hydrogen-bond acceptors (Lipinski definition) is 4. The van der Waals surface area contributed by atoms with Gasteiger partial charge in [0.2, 0.25) is 5.91 Å². The van der Waals surface area contributed by atoms with Crippen molar-refractivity contribution in [1.29, 1.82) is 0 Å². The second-order valence-electron chi connectivity index (χ2n) is 11.9. The van der Waals surface area contributed by atoms with Crippen LogP contribution in [0.25, 0.3) is 0 Å². The van der Waals surface area contributed by atoms with Gasteiger partial charge in [0.25, 0.3) is 5.91 Å². The van der Waals surface area contributed by atoms with Gasteiger partial charge in [-0.2, -0.15) is 0 Å². The average molecular weight is 603 g/mol. The maximum absolute atomic E-state index is 14.5. The van der Waals surface area contributed by atoms with E-state index in [1.165, 1.54) is 0 Å². The second-order valence-corrected chi connectivity index (χ2v) is 12.8. The highest BCUT2D eigenvalue weighted by atomic mass is 35.5. The molecule has 4 atom stereocenters. The van der Waals surface area contributed by atoms with Crippen LogP contribution in [0.2, 0.25) is 10.0 Å². The van der Waals surface area contributed by atoms with Crippen molar-refractivity contribution in [3.8, 4) is 0 Å². The van der Waals surface area contributed by atoms with E-state index in [-0.39, 0.29) is 30.8 Å². The van der Waals surface area contributed by atoms with E-state index in [0.29, 0.717) is 27.4 Å². The number of halogens is 2. The first-order valence-electron chi connectivity index (χ1n) is 14.7. The van der Waals surface area contributed by atoms with Crippen LogP contribution in [0.1, 0.15) is 106 Å². The Balaban J connectivity index is 1.71. The molecule has 2 aliphatic rings. The van der Waals surface area contributed by atoms with Crippen molar-refractivity contribution >= 4 is 41.0 Å². The van der Waals surface area contributed by atoms with Gasteiger partial charge < -0.3 is 15.3 Å². The maximum Gasteiger partial charge on any atom is 0.305 e. The molecule has 0 bridgehead atoms. The SMILES string of the molecule is CCCCCC(c1ccc(C(=O)NCCC(=O)O)cc1)N1C(=O)C(c2cc(Cl)cc(Cl)c2)NC12CC(C)CC(C)C2. The Labute approximate surface area is 253 Å². The van der Waals surface area contributed by atoms with Gasteiger partial charge in [0, 0.05) is 22.2 Å². The first kappa shape index (κ1) is 31.3. The first-order valence-corrected chi connectivity index (χ1v) is 15.5. The third-order valence-electron chi connectivity index (χ3n) is 8.33. The zero-order valence-electron chi connectivity index (χ0n) is 24.1. The van der Waals surface area contributed by atoms with Gasteiger partial charge >= 0.3 is 5.97 Å². The largest absolute Gasteiger partial charge is 0.481 e. The zero-order valence-corrected chi connectivity index (χ0v) is 25.6. The van der Waals surface area contributed by atoms with Crippen molar-refractivity contribution in [1.82, 2.24) is 15.5 Å². The van der Waals surface area contributed by atoms with Gasteiger partial charge in [0.05, 0.1) is 18.1 Å². The molecule has 2 aromatic carbocycles. The van der Waals surface area contributed by atoms with Crippen LogP contribution < -0.4 is 10.6 Å². The van der Waals surface area contributed by atoms with Gasteiger partial charge in [-0.1, -0.05) is 75.4 Å². The van der Waals surface area contributed by atoms with Gasteiger partial charge in [-0.15, -0.1) is 0 Å². The summed E-state index contributed by atoms with van der Waals surface area (Å²) in [5, 5.41) is 16.3. The molecule has 1 aliphatic heterocycles. The number of unbranched alkanes of at least 4 members (excludes halogenated alkanes) is 2. The Hall–Kier alpha value is -2.61. The molecule has 1 saturated heterocycles. The number of aliphatic carboxylic acids is 1. The highest BCUT2D eigenvalue weighted by molar-refractivity contribution is 6.34. The van der Waals surface area contributed by atoms with E-state index >= 15 is 0 Å². The third-order valence-corrected chi connectivity index (χ3v) is 8.77. The number of amides is 2. The number of carbonyl (C=O) groups excluding carboxylic acids is 2. The topological polar surface area (TPSA) is 98.7 Å². The fraction of sp³-hybridized carbons (Fsp3) is 0.531. The summed E-state index contributed by atoms with van der Waals surface area (Å²) >= 11 is 12.7. The molecule has 4 unspecified atom stereocenters. The molecular weight excluding hydrogens is 561 g/mol. The van der Waals surface area contributed by atoms with Gasteiger partial charge in [0.1, 0.15) is 6.04 Å². The molecule has 0 aromatic heterocycles. The predicted octanol–water partition coefficient (Wildman–Crippen LogP) is 7.14. The zero-order chi connectivity index (χ0) is 29.7. The first-order chi connectivity index (χ1) is 19.5. The third kappa shape index (κ3) is 7.43. The van der Waals surface area contributed by atoms with E-state index in [9.17, 15) is 14.4 Å². The van der Waals surface area contributed by atoms with Crippen molar-refractivity contribution in [2.75, 3.05) is 6.54 Å². The summed E-state index contributed by atoms with van der Waals surface area (Å²) in [7, 11) is 0. The molecular formula is C32H41Cl2N3O4. The Morgan fingerprint density at radius 1 is 1.07 bits per heavy atom. The lowest BCUT2D eigenvalue weighted by atomic mass is 9.75. The number of rotatable bonds is 11. The molecule has 0 radical (unpaired) electrons. The lowest BCUT2D eigenvalue weighted by Crippen LogP contribution is -2.57. The van der Waals surface area contributed by atoms with Crippen LogP contribution in [0.5, 0.6) is 0 Å². The van der Waals surface area contributed by atoms with Crippen molar-refractivity contribution in [2.45, 2.75) is 89.9 Å². The Morgan fingerprint density at radius 3 is 2.29 bits per heavy atom. The number of hydrogen-bond donors (Lipinski definition) is 3. The molecule has 1 saturated carbocycles. The van der Waals surface area contributed by atoms with Crippen molar-refractivity contribution in [3.63, 3.8) is 0 Å². The van der Waals surface area contributed by atoms with E-state index in [2.05, 4.69) is 36.3 Å². The number of carboxylic acid groups (broad SMARTS) is 1. The van der Waals surface area contributed by atoms with Crippen LogP contribution in [0.4, 0.5) is 0 Å². The fourth-order valence-corrected chi connectivity index (χ4v) is 7.39. The highest BCUT2D eigenvalue weighted by Crippen LogP contribution is 2.49. The summed E-state index contributed by atoms with van der Waals surface area (Å²) in [5.74, 6) is -0.379. The van der Waals surface area contributed by atoms with Crippen LogP contribution in [0.3, 0.4) is 0 Å². The minimum atomic E-state index is -0.960. The van der Waals surface area contributed by atoms with Crippen LogP contribution >= 0.6 is 23.2 Å². The lowest BCUT2D eigenvalue weighted by molar-refractivity contribution is -0.138. The summed E-state index contributed by atoms with van der Waals surface area (Å²) in [5.41, 5.74) is 1.69. The average Bonchev–Trinajstić information content (AvgIpc) is 3.15. The quantitative estimate of drug-likeness (QED) is 0.238. The van der Waals surface area contributed by atoms with E-state index in [0.717, 1.165) is 56.1 Å². The molecule has 1 heterocycles. The van der Waals surface area contributed by atoms with Crippen LogP contribution in [0.15, 0.2) is 42.5 Å². The van der Waals surface area contributed by atoms with E-state index in [1.54, 1.807) is 18.2 Å². The molecule has 3 N–H and O–H groups in total. The molecule has 1 spiro atoms. The van der Waals surface area contributed by atoms with Gasteiger partial charge in [-0.05, 0) is 79.0 Å². The fourth-order valence-electron chi connectivity index (χ4n) is 6.85. The molecule has 1 aliphatic carbocycles. The normalized spacial score (nSPS) is 25.0. The van der Waals surface area contributed by atoms with Crippen LogP contribution in [-0.4, -0.2) is 40.0 Å². The number of nitrogens with one attached hydrogen (secondary N) is 2. The molecule has 4 rings (SSSR count). The summed E-state index contributed by atoms with van der Waals surface area (Å²) < 4.78 is 0. The lowest BCUT2D eigenvalue weighted by Gasteiger charge is -2.49. The minimum Gasteiger partial charge on any atom is -0.481 e. The summed E-state index contributed by atoms with van der Waals surface area (Å²) in [6, 6.07) is 12.0. The summed E-state index contributed by atoms with van der Waals surface area (Å²) in [4.78, 5) is 40.0. The number of carbonyl (C=O) groups is 3. The van der Waals surface area contributed by atoms with Gasteiger partial charge in [-0.25, -0.2) is 0 Å². The maximum atomic E-state index is 14.5. The van der Waals surface area contributed by atoms with Crippen LogP contribution in [0, 0.1) is 11.8 Å². The van der Waals surface area contributed by atoms with E-state index in [4.69, 9.17) is 28.3 Å². The predicted molar refractivity (Wildman–Crippen MR) is 162 cm³/mol. The van der Waals surface area contributed by atoms with E-state index in [1.807, 2.05) is 24.3 Å². The Morgan fingerprint density at radius 2 is 1.71 bits per heavy atom. The Kier molecular flexibility index (Phi) is 10.4. The Bertz CT molecular complexity index is 1220.